The molecular formula is C20H24Cl2N2O2. The Morgan fingerprint density at radius 3 is 2.73 bits per heavy atom. The van der Waals surface area contributed by atoms with Crippen LogP contribution in [0.1, 0.15) is 29.3 Å². The van der Waals surface area contributed by atoms with Crippen LogP contribution in [0, 0.1) is 5.92 Å². The zero-order valence-corrected chi connectivity index (χ0v) is 16.3. The van der Waals surface area contributed by atoms with Crippen molar-refractivity contribution in [1.82, 2.24) is 10.6 Å². The molecule has 1 saturated heterocycles. The van der Waals surface area contributed by atoms with Crippen molar-refractivity contribution in [1.29, 1.82) is 0 Å². The highest BCUT2D eigenvalue weighted by atomic mass is 35.5. The van der Waals surface area contributed by atoms with Crippen molar-refractivity contribution in [3.8, 4) is 5.75 Å². The van der Waals surface area contributed by atoms with Crippen LogP contribution in [0.4, 0.5) is 0 Å². The minimum Gasteiger partial charge on any atom is -0.488 e. The molecule has 140 valence electrons. The lowest BCUT2D eigenvalue weighted by atomic mass is 9.95. The minimum atomic E-state index is -0.0893. The summed E-state index contributed by atoms with van der Waals surface area (Å²) in [7, 11) is 0. The number of ether oxygens (including phenoxy) is 1. The number of carbonyl (C=O) groups excluding carboxylic acids is 1. The van der Waals surface area contributed by atoms with Crippen LogP contribution in [0.2, 0.25) is 5.02 Å². The Morgan fingerprint density at radius 1 is 1.23 bits per heavy atom. The Balaban J connectivity index is 0.00000243. The van der Waals surface area contributed by atoms with Gasteiger partial charge in [-0.1, -0.05) is 48.9 Å². The van der Waals surface area contributed by atoms with Crippen LogP contribution in [0.15, 0.2) is 48.5 Å². The third-order valence-electron chi connectivity index (χ3n) is 4.57. The van der Waals surface area contributed by atoms with Gasteiger partial charge in [0.2, 0.25) is 0 Å². The number of nitrogens with one attached hydrogen (secondary N) is 2. The van der Waals surface area contributed by atoms with E-state index in [2.05, 4.69) is 17.6 Å². The predicted molar refractivity (Wildman–Crippen MR) is 107 cm³/mol. The summed E-state index contributed by atoms with van der Waals surface area (Å²) in [5, 5.41) is 7.15. The third kappa shape index (κ3) is 5.13. The van der Waals surface area contributed by atoms with Gasteiger partial charge in [0, 0.05) is 16.6 Å². The number of carbonyl (C=O) groups is 1. The van der Waals surface area contributed by atoms with Crippen molar-refractivity contribution in [2.24, 2.45) is 5.92 Å². The second-order valence-corrected chi connectivity index (χ2v) is 6.83. The number of rotatable bonds is 5. The Kier molecular flexibility index (Phi) is 7.76. The zero-order chi connectivity index (χ0) is 17.6. The minimum absolute atomic E-state index is 0. The first kappa shape index (κ1) is 20.6. The van der Waals surface area contributed by atoms with Crippen molar-refractivity contribution in [2.45, 2.75) is 26.0 Å². The van der Waals surface area contributed by atoms with Gasteiger partial charge in [-0.2, -0.15) is 0 Å². The van der Waals surface area contributed by atoms with Crippen molar-refractivity contribution < 1.29 is 9.53 Å². The smallest absolute Gasteiger partial charge is 0.255 e. The third-order valence-corrected chi connectivity index (χ3v) is 4.94. The SMILES string of the molecule is CC1CNCCC1NC(=O)c1ccccc1OCc1ccccc1Cl.Cl. The van der Waals surface area contributed by atoms with Crippen LogP contribution in [0.3, 0.4) is 0 Å². The first-order chi connectivity index (χ1) is 12.1. The molecule has 2 atom stereocenters. The molecule has 1 aliphatic rings. The van der Waals surface area contributed by atoms with Crippen molar-refractivity contribution in [3.63, 3.8) is 0 Å². The van der Waals surface area contributed by atoms with E-state index in [1.807, 2.05) is 42.5 Å². The molecule has 0 saturated carbocycles. The second-order valence-electron chi connectivity index (χ2n) is 6.43. The largest absolute Gasteiger partial charge is 0.488 e. The van der Waals surface area contributed by atoms with Crippen LogP contribution in [-0.4, -0.2) is 25.0 Å². The maximum absolute atomic E-state index is 12.7. The average molecular weight is 395 g/mol. The van der Waals surface area contributed by atoms with Crippen molar-refractivity contribution in [2.75, 3.05) is 13.1 Å². The highest BCUT2D eigenvalue weighted by molar-refractivity contribution is 6.31. The van der Waals surface area contributed by atoms with E-state index < -0.39 is 0 Å². The molecule has 6 heteroatoms. The van der Waals surface area contributed by atoms with Gasteiger partial charge in [0.15, 0.2) is 0 Å². The van der Waals surface area contributed by atoms with Crippen LogP contribution in [0.5, 0.6) is 5.75 Å². The number of halogens is 2. The Labute approximate surface area is 165 Å². The van der Waals surface area contributed by atoms with E-state index in [0.29, 0.717) is 28.9 Å². The highest BCUT2D eigenvalue weighted by Gasteiger charge is 2.24. The molecule has 2 aromatic carbocycles. The van der Waals surface area contributed by atoms with E-state index in [4.69, 9.17) is 16.3 Å². The van der Waals surface area contributed by atoms with E-state index in [9.17, 15) is 4.79 Å². The van der Waals surface area contributed by atoms with Gasteiger partial charge in [0.1, 0.15) is 12.4 Å². The molecule has 1 fully saturated rings. The summed E-state index contributed by atoms with van der Waals surface area (Å²) < 4.78 is 5.88. The fraction of sp³-hybridized carbons (Fsp3) is 0.350. The van der Waals surface area contributed by atoms with Crippen LogP contribution >= 0.6 is 24.0 Å². The standard InChI is InChI=1S/C20H23ClN2O2.ClH/c1-14-12-22-11-10-18(14)23-20(24)16-7-3-5-9-19(16)25-13-15-6-2-4-8-17(15)21;/h2-9,14,18,22H,10-13H2,1H3,(H,23,24);1H. The summed E-state index contributed by atoms with van der Waals surface area (Å²) in [6, 6.07) is 15.1. The fourth-order valence-electron chi connectivity index (χ4n) is 3.03. The topological polar surface area (TPSA) is 50.4 Å². The van der Waals surface area contributed by atoms with Gasteiger partial charge in [-0.15, -0.1) is 12.4 Å². The van der Waals surface area contributed by atoms with Gasteiger partial charge < -0.3 is 15.4 Å². The van der Waals surface area contributed by atoms with Gasteiger partial charge in [0.25, 0.3) is 5.91 Å². The number of para-hydroxylation sites is 1. The zero-order valence-electron chi connectivity index (χ0n) is 14.7. The lowest BCUT2D eigenvalue weighted by Crippen LogP contribution is -2.48. The first-order valence-corrected chi connectivity index (χ1v) is 9.00. The number of amides is 1. The monoisotopic (exact) mass is 394 g/mol. The molecule has 0 spiro atoms. The van der Waals surface area contributed by atoms with E-state index >= 15 is 0 Å². The molecule has 0 aromatic heterocycles. The summed E-state index contributed by atoms with van der Waals surface area (Å²) in [6.07, 6.45) is 0.940. The Bertz CT molecular complexity index is 739. The molecule has 0 aliphatic carbocycles. The quantitative estimate of drug-likeness (QED) is 0.803. The van der Waals surface area contributed by atoms with Gasteiger partial charge in [-0.05, 0) is 43.6 Å². The van der Waals surface area contributed by atoms with E-state index in [1.54, 1.807) is 6.07 Å². The van der Waals surface area contributed by atoms with E-state index in [-0.39, 0.29) is 24.4 Å². The van der Waals surface area contributed by atoms with Gasteiger partial charge in [-0.25, -0.2) is 0 Å². The molecule has 0 bridgehead atoms. The number of hydrogen-bond acceptors (Lipinski definition) is 3. The van der Waals surface area contributed by atoms with Gasteiger partial charge in [0.05, 0.1) is 5.56 Å². The van der Waals surface area contributed by atoms with Crippen LogP contribution in [-0.2, 0) is 6.61 Å². The van der Waals surface area contributed by atoms with Crippen LogP contribution < -0.4 is 15.4 Å². The van der Waals surface area contributed by atoms with Gasteiger partial charge in [-0.3, -0.25) is 4.79 Å². The summed E-state index contributed by atoms with van der Waals surface area (Å²) >= 11 is 6.17. The maximum atomic E-state index is 12.7. The normalized spacial score (nSPS) is 19.3. The van der Waals surface area contributed by atoms with Crippen molar-refractivity contribution >= 4 is 29.9 Å². The second kappa shape index (κ2) is 9.81. The maximum Gasteiger partial charge on any atom is 0.255 e. The van der Waals surface area contributed by atoms with Crippen LogP contribution in [0.25, 0.3) is 0 Å². The molecule has 1 aliphatic heterocycles. The van der Waals surface area contributed by atoms with Crippen molar-refractivity contribution in [3.05, 3.63) is 64.7 Å². The predicted octanol–water partition coefficient (Wildman–Crippen LogP) is 4.07. The Morgan fingerprint density at radius 2 is 1.96 bits per heavy atom. The highest BCUT2D eigenvalue weighted by Crippen LogP contribution is 2.22. The fourth-order valence-corrected chi connectivity index (χ4v) is 3.22. The summed E-state index contributed by atoms with van der Waals surface area (Å²) in [5.41, 5.74) is 1.45. The molecule has 2 N–H and O–H groups in total. The molecule has 3 rings (SSSR count). The summed E-state index contributed by atoms with van der Waals surface area (Å²) in [6.45, 7) is 4.33. The number of hydrogen-bond donors (Lipinski definition) is 2. The summed E-state index contributed by atoms with van der Waals surface area (Å²) in [4.78, 5) is 12.7. The molecule has 2 unspecified atom stereocenters. The van der Waals surface area contributed by atoms with Gasteiger partial charge >= 0.3 is 0 Å². The first-order valence-electron chi connectivity index (χ1n) is 8.62. The molecule has 26 heavy (non-hydrogen) atoms. The van der Waals surface area contributed by atoms with E-state index in [1.165, 1.54) is 0 Å². The lowest BCUT2D eigenvalue weighted by Gasteiger charge is -2.30. The lowest BCUT2D eigenvalue weighted by molar-refractivity contribution is 0.0909. The molecule has 4 nitrogen and oxygen atoms in total. The molecule has 1 heterocycles. The molecular weight excluding hydrogens is 371 g/mol. The molecule has 2 aromatic rings. The van der Waals surface area contributed by atoms with E-state index in [0.717, 1.165) is 25.1 Å². The summed E-state index contributed by atoms with van der Waals surface area (Å²) in [5.74, 6) is 0.893. The average Bonchev–Trinajstić information content (AvgIpc) is 2.63. The molecule has 1 amide bonds. The Hall–Kier alpha value is -1.75. The molecule has 0 radical (unpaired) electrons. The number of piperidine rings is 1. The number of benzene rings is 2.